The Labute approximate surface area is 168 Å². The lowest BCUT2D eigenvalue weighted by Crippen LogP contribution is -2.18. The number of hydrogen-bond acceptors (Lipinski definition) is 6. The van der Waals surface area contributed by atoms with E-state index in [0.29, 0.717) is 43.1 Å². The molecule has 30 heavy (non-hydrogen) atoms. The predicted octanol–water partition coefficient (Wildman–Crippen LogP) is 3.88. The van der Waals surface area contributed by atoms with Crippen LogP contribution in [0.15, 0.2) is 57.8 Å². The van der Waals surface area contributed by atoms with Crippen LogP contribution in [0.25, 0.3) is 54.6 Å². The van der Waals surface area contributed by atoms with Gasteiger partial charge in [0.15, 0.2) is 0 Å². The molecule has 0 aliphatic heterocycles. The molecule has 6 nitrogen and oxygen atoms in total. The lowest BCUT2D eigenvalue weighted by Gasteiger charge is -2.09. The van der Waals surface area contributed by atoms with E-state index >= 15 is 0 Å². The molecule has 0 spiro atoms. The van der Waals surface area contributed by atoms with Crippen molar-refractivity contribution < 1.29 is 8.83 Å². The number of hydrogen-bond donors (Lipinski definition) is 0. The van der Waals surface area contributed by atoms with Crippen LogP contribution in [-0.4, -0.2) is 0 Å². The first-order chi connectivity index (χ1) is 14.7. The third-order valence-electron chi connectivity index (χ3n) is 5.21. The van der Waals surface area contributed by atoms with Gasteiger partial charge < -0.3 is 8.83 Å². The van der Waals surface area contributed by atoms with Crippen molar-refractivity contribution in [2.45, 2.75) is 0 Å². The molecule has 0 unspecified atom stereocenters. The summed E-state index contributed by atoms with van der Waals surface area (Å²) in [5.74, 6) is 0. The van der Waals surface area contributed by atoms with E-state index in [1.54, 1.807) is 24.3 Å². The first-order valence-electron chi connectivity index (χ1n) is 8.83. The fourth-order valence-corrected chi connectivity index (χ4v) is 3.95. The second kappa shape index (κ2) is 6.25. The summed E-state index contributed by atoms with van der Waals surface area (Å²) in [5.41, 5.74) is 0.999. The Kier molecular flexibility index (Phi) is 3.56. The summed E-state index contributed by atoms with van der Waals surface area (Å²) >= 11 is 0. The van der Waals surface area contributed by atoms with E-state index in [4.69, 9.17) is 8.83 Å². The number of furan rings is 2. The molecule has 2 aromatic heterocycles. The van der Waals surface area contributed by atoms with Crippen LogP contribution in [0.4, 0.5) is 0 Å². The van der Waals surface area contributed by atoms with Crippen LogP contribution in [-0.2, 0) is 0 Å². The minimum Gasteiger partial charge on any atom is -0.464 e. The third-order valence-corrected chi connectivity index (χ3v) is 5.21. The minimum atomic E-state index is -0.0798. The van der Waals surface area contributed by atoms with Crippen molar-refractivity contribution in [3.05, 3.63) is 59.4 Å². The number of nitrogens with zero attached hydrogens (tertiary/aromatic N) is 4. The van der Waals surface area contributed by atoms with Crippen molar-refractivity contribution in [3.8, 4) is 24.3 Å². The Morgan fingerprint density at radius 1 is 0.567 bits per heavy atom. The van der Waals surface area contributed by atoms with Gasteiger partial charge in [-0.25, -0.2) is 0 Å². The quantitative estimate of drug-likeness (QED) is 0.373. The Hall–Kier alpha value is -5.04. The molecule has 0 atom stereocenters. The third kappa shape index (κ3) is 2.20. The minimum absolute atomic E-state index is 0.0577. The first kappa shape index (κ1) is 17.1. The lowest BCUT2D eigenvalue weighted by molar-refractivity contribution is 0.616. The number of benzene rings is 3. The van der Waals surface area contributed by atoms with E-state index in [0.717, 1.165) is 10.8 Å². The van der Waals surface area contributed by atoms with Gasteiger partial charge in [0.1, 0.15) is 46.6 Å². The van der Waals surface area contributed by atoms with Crippen molar-refractivity contribution in [2.24, 2.45) is 0 Å². The van der Waals surface area contributed by atoms with Gasteiger partial charge in [-0.2, -0.15) is 21.0 Å². The van der Waals surface area contributed by atoms with Gasteiger partial charge in [-0.1, -0.05) is 0 Å². The molecule has 0 fully saturated rings. The summed E-state index contributed by atoms with van der Waals surface area (Å²) in [7, 11) is 0. The first-order valence-corrected chi connectivity index (χ1v) is 8.83. The average molecular weight is 384 g/mol. The molecule has 0 N–H and O–H groups in total. The Balaban J connectivity index is 2.32. The molecule has 0 bridgehead atoms. The van der Waals surface area contributed by atoms with Crippen molar-refractivity contribution in [1.82, 2.24) is 0 Å². The number of nitriles is 4. The maximum Gasteiger partial charge on any atom is 0.138 e. The normalized spacial score (nSPS) is 10.5. The van der Waals surface area contributed by atoms with Crippen LogP contribution in [0.3, 0.4) is 0 Å². The molecule has 6 heteroatoms. The van der Waals surface area contributed by atoms with Crippen molar-refractivity contribution in [3.63, 3.8) is 0 Å². The molecule has 2 heterocycles. The van der Waals surface area contributed by atoms with E-state index in [2.05, 4.69) is 0 Å². The smallest absolute Gasteiger partial charge is 0.138 e. The van der Waals surface area contributed by atoms with E-state index in [-0.39, 0.29) is 11.1 Å². The molecule has 0 aliphatic rings. The van der Waals surface area contributed by atoms with E-state index in [1.165, 1.54) is 12.5 Å². The van der Waals surface area contributed by atoms with Crippen LogP contribution in [0.2, 0.25) is 0 Å². The number of fused-ring (bicyclic) bond motifs is 4. The lowest BCUT2D eigenvalue weighted by atomic mass is 9.92. The summed E-state index contributed by atoms with van der Waals surface area (Å²) < 4.78 is 11.0. The Morgan fingerprint density at radius 3 is 1.30 bits per heavy atom. The van der Waals surface area contributed by atoms with Crippen molar-refractivity contribution >= 4 is 54.6 Å². The van der Waals surface area contributed by atoms with Gasteiger partial charge in [-0.05, 0) is 57.9 Å². The second-order valence-electron chi connectivity index (χ2n) is 6.66. The van der Waals surface area contributed by atoms with Crippen LogP contribution in [0.5, 0.6) is 0 Å². The molecule has 0 saturated heterocycles. The number of rotatable bonds is 0. The van der Waals surface area contributed by atoms with Crippen LogP contribution in [0, 0.1) is 45.3 Å². The summed E-state index contributed by atoms with van der Waals surface area (Å²) in [6.45, 7) is 0. The van der Waals surface area contributed by atoms with Crippen molar-refractivity contribution in [1.29, 1.82) is 21.0 Å². The van der Waals surface area contributed by atoms with Crippen LogP contribution < -0.4 is 10.4 Å². The molecule has 0 radical (unpaired) electrons. The summed E-state index contributed by atoms with van der Waals surface area (Å²) in [6, 6.07) is 18.6. The highest BCUT2D eigenvalue weighted by molar-refractivity contribution is 6.11. The molecular weight excluding hydrogens is 376 g/mol. The largest absolute Gasteiger partial charge is 0.464 e. The maximum atomic E-state index is 9.66. The highest BCUT2D eigenvalue weighted by atomic mass is 16.3. The predicted molar refractivity (Wildman–Crippen MR) is 110 cm³/mol. The van der Waals surface area contributed by atoms with Gasteiger partial charge in [-0.15, -0.1) is 0 Å². The van der Waals surface area contributed by atoms with Crippen LogP contribution >= 0.6 is 0 Å². The Bertz CT molecular complexity index is 1580. The molecule has 136 valence electrons. The summed E-state index contributed by atoms with van der Waals surface area (Å²) in [5, 5.41) is 43.3. The van der Waals surface area contributed by atoms with E-state index < -0.39 is 0 Å². The second-order valence-corrected chi connectivity index (χ2v) is 6.66. The van der Waals surface area contributed by atoms with Crippen molar-refractivity contribution in [2.75, 3.05) is 0 Å². The van der Waals surface area contributed by atoms with Crippen LogP contribution in [0.1, 0.15) is 0 Å². The standard InChI is InChI=1S/C24H8N4O2/c25-9-15(10-26)23-17-5-13-1-3-29-21(13)7-19(17)24(16(11-27)12-28)20-8-22-14(2-4-30-22)6-18(20)23/h1-8H. The monoisotopic (exact) mass is 384 g/mol. The summed E-state index contributed by atoms with van der Waals surface area (Å²) in [4.78, 5) is 0. The fraction of sp³-hybridized carbons (Fsp3) is 0. The molecule has 0 amide bonds. The molecule has 0 aliphatic carbocycles. The topological polar surface area (TPSA) is 121 Å². The Morgan fingerprint density at radius 2 is 0.933 bits per heavy atom. The molecule has 3 aromatic carbocycles. The summed E-state index contributed by atoms with van der Waals surface area (Å²) in [6.07, 6.45) is 3.07. The highest BCUT2D eigenvalue weighted by Gasteiger charge is 2.16. The zero-order valence-corrected chi connectivity index (χ0v) is 15.2. The average Bonchev–Trinajstić information content (AvgIpc) is 3.42. The fourth-order valence-electron chi connectivity index (χ4n) is 3.95. The van der Waals surface area contributed by atoms with Gasteiger partial charge in [0, 0.05) is 21.2 Å². The van der Waals surface area contributed by atoms with Gasteiger partial charge in [0.2, 0.25) is 0 Å². The molecular formula is C24H8N4O2. The highest BCUT2D eigenvalue weighted by Crippen LogP contribution is 2.26. The molecule has 5 rings (SSSR count). The maximum absolute atomic E-state index is 9.66. The van der Waals surface area contributed by atoms with Gasteiger partial charge in [0.25, 0.3) is 0 Å². The molecule has 0 saturated carbocycles. The van der Waals surface area contributed by atoms with E-state index in [1.807, 2.05) is 36.4 Å². The van der Waals surface area contributed by atoms with E-state index in [9.17, 15) is 21.0 Å². The SMILES string of the molecule is N#CC(C#N)=c1c2cc3ccoc3cc2c(=C(C#N)C#N)c2cc3occc3cc12. The molecule has 5 aromatic rings. The van der Waals surface area contributed by atoms with Gasteiger partial charge in [0.05, 0.1) is 12.5 Å². The zero-order valence-electron chi connectivity index (χ0n) is 15.2. The zero-order chi connectivity index (χ0) is 20.8. The van der Waals surface area contributed by atoms with Gasteiger partial charge in [-0.3, -0.25) is 0 Å². The van der Waals surface area contributed by atoms with Gasteiger partial charge >= 0.3 is 0 Å².